The molecule has 0 unspecified atom stereocenters. The Kier molecular flexibility index (Phi) is 4.88. The van der Waals surface area contributed by atoms with Crippen LogP contribution >= 0.6 is 0 Å². The predicted octanol–water partition coefficient (Wildman–Crippen LogP) is 4.38. The van der Waals surface area contributed by atoms with E-state index in [4.69, 9.17) is 16.2 Å². The molecule has 2 aromatic rings. The Hall–Kier alpha value is -2.16. The maximum absolute atomic E-state index is 5.94. The zero-order valence-electron chi connectivity index (χ0n) is 11.9. The van der Waals surface area contributed by atoms with Crippen molar-refractivity contribution in [3.63, 3.8) is 0 Å². The first-order valence-corrected chi connectivity index (χ1v) is 7.11. The van der Waals surface area contributed by atoms with Crippen LogP contribution in [0.4, 0.5) is 11.4 Å². The average Bonchev–Trinajstić information content (AvgIpc) is 2.44. The Morgan fingerprint density at radius 3 is 2.30 bits per heavy atom. The first-order valence-electron chi connectivity index (χ1n) is 7.11. The van der Waals surface area contributed by atoms with E-state index in [1.54, 1.807) is 0 Å². The molecule has 3 heteroatoms. The van der Waals surface area contributed by atoms with Crippen LogP contribution in [0.15, 0.2) is 42.5 Å². The number of nitrogen functional groups attached to an aromatic ring is 2. The van der Waals surface area contributed by atoms with Gasteiger partial charge in [0.05, 0.1) is 0 Å². The Labute approximate surface area is 120 Å². The van der Waals surface area contributed by atoms with Gasteiger partial charge in [-0.1, -0.05) is 19.8 Å². The number of hydrogen-bond donors (Lipinski definition) is 2. The highest BCUT2D eigenvalue weighted by molar-refractivity contribution is 5.50. The minimum absolute atomic E-state index is 0.734. The molecule has 2 aromatic carbocycles. The summed E-state index contributed by atoms with van der Waals surface area (Å²) in [5.41, 5.74) is 14.2. The van der Waals surface area contributed by atoms with Crippen LogP contribution in [0, 0.1) is 0 Å². The van der Waals surface area contributed by atoms with E-state index >= 15 is 0 Å². The average molecular weight is 270 g/mol. The fraction of sp³-hybridized carbons (Fsp3) is 0.294. The predicted molar refractivity (Wildman–Crippen MR) is 85.0 cm³/mol. The van der Waals surface area contributed by atoms with Crippen molar-refractivity contribution in [1.82, 2.24) is 0 Å². The number of hydrogen-bond acceptors (Lipinski definition) is 3. The van der Waals surface area contributed by atoms with Crippen LogP contribution in [0.1, 0.15) is 31.7 Å². The number of nitrogens with two attached hydrogens (primary N) is 2. The highest BCUT2D eigenvalue weighted by Gasteiger charge is 2.06. The molecule has 20 heavy (non-hydrogen) atoms. The van der Waals surface area contributed by atoms with Crippen molar-refractivity contribution in [2.75, 3.05) is 11.5 Å². The number of rotatable bonds is 6. The molecule has 0 spiro atoms. The molecule has 0 fully saturated rings. The van der Waals surface area contributed by atoms with E-state index in [0.717, 1.165) is 41.3 Å². The molecular formula is C17H22N2O. The minimum Gasteiger partial charge on any atom is -0.457 e. The van der Waals surface area contributed by atoms with Gasteiger partial charge < -0.3 is 16.2 Å². The lowest BCUT2D eigenvalue weighted by Crippen LogP contribution is -1.95. The molecular weight excluding hydrogens is 248 g/mol. The van der Waals surface area contributed by atoms with Crippen molar-refractivity contribution < 1.29 is 4.74 Å². The van der Waals surface area contributed by atoms with Gasteiger partial charge in [-0.15, -0.1) is 0 Å². The number of anilines is 2. The van der Waals surface area contributed by atoms with Crippen molar-refractivity contribution in [2.45, 2.75) is 32.6 Å². The number of ether oxygens (including phenoxy) is 1. The van der Waals surface area contributed by atoms with Crippen LogP contribution in [0.3, 0.4) is 0 Å². The SMILES string of the molecule is CCCCCc1cc(N)ccc1Oc1ccc(N)cc1. The molecule has 2 rings (SSSR count). The normalized spacial score (nSPS) is 10.4. The first-order chi connectivity index (χ1) is 9.69. The maximum atomic E-state index is 5.94. The fourth-order valence-corrected chi connectivity index (χ4v) is 2.12. The van der Waals surface area contributed by atoms with Crippen LogP contribution in [-0.4, -0.2) is 0 Å². The molecule has 0 saturated heterocycles. The van der Waals surface area contributed by atoms with Crippen molar-refractivity contribution in [3.05, 3.63) is 48.0 Å². The Morgan fingerprint density at radius 1 is 0.900 bits per heavy atom. The van der Waals surface area contributed by atoms with Crippen molar-refractivity contribution in [1.29, 1.82) is 0 Å². The topological polar surface area (TPSA) is 61.3 Å². The molecule has 0 bridgehead atoms. The van der Waals surface area contributed by atoms with Crippen molar-refractivity contribution in [2.24, 2.45) is 0 Å². The lowest BCUT2D eigenvalue weighted by molar-refractivity contribution is 0.475. The first kappa shape index (κ1) is 14.3. The summed E-state index contributed by atoms with van der Waals surface area (Å²) >= 11 is 0. The molecule has 0 saturated carbocycles. The summed E-state index contributed by atoms with van der Waals surface area (Å²) in [6, 6.07) is 13.2. The molecule has 0 radical (unpaired) electrons. The Balaban J connectivity index is 2.15. The van der Waals surface area contributed by atoms with Gasteiger partial charge in [0.2, 0.25) is 0 Å². The monoisotopic (exact) mass is 270 g/mol. The van der Waals surface area contributed by atoms with E-state index < -0.39 is 0 Å². The number of unbranched alkanes of at least 4 members (excludes halogenated alkanes) is 2. The molecule has 0 amide bonds. The maximum Gasteiger partial charge on any atom is 0.130 e. The highest BCUT2D eigenvalue weighted by Crippen LogP contribution is 2.28. The third-order valence-electron chi connectivity index (χ3n) is 3.24. The third kappa shape index (κ3) is 3.92. The zero-order valence-corrected chi connectivity index (χ0v) is 11.9. The summed E-state index contributed by atoms with van der Waals surface area (Å²) in [5, 5.41) is 0. The third-order valence-corrected chi connectivity index (χ3v) is 3.24. The molecule has 4 N–H and O–H groups in total. The van der Waals surface area contributed by atoms with Gasteiger partial charge in [0.15, 0.2) is 0 Å². The van der Waals surface area contributed by atoms with E-state index in [1.165, 1.54) is 12.8 Å². The highest BCUT2D eigenvalue weighted by atomic mass is 16.5. The molecule has 0 aromatic heterocycles. The second kappa shape index (κ2) is 6.85. The fourth-order valence-electron chi connectivity index (χ4n) is 2.12. The number of benzene rings is 2. The van der Waals surface area contributed by atoms with E-state index in [2.05, 4.69) is 6.92 Å². The second-order valence-corrected chi connectivity index (χ2v) is 5.00. The van der Waals surface area contributed by atoms with Gasteiger partial charge in [0.25, 0.3) is 0 Å². The van der Waals surface area contributed by atoms with Crippen LogP contribution in [0.2, 0.25) is 0 Å². The zero-order chi connectivity index (χ0) is 14.4. The van der Waals surface area contributed by atoms with Gasteiger partial charge in [0.1, 0.15) is 11.5 Å². The van der Waals surface area contributed by atoms with Crippen LogP contribution < -0.4 is 16.2 Å². The Morgan fingerprint density at radius 2 is 1.60 bits per heavy atom. The molecule has 0 aliphatic rings. The molecule has 0 heterocycles. The van der Waals surface area contributed by atoms with Crippen LogP contribution in [0.25, 0.3) is 0 Å². The summed E-state index contributed by atoms with van der Waals surface area (Å²) in [6.45, 7) is 2.20. The van der Waals surface area contributed by atoms with Gasteiger partial charge in [-0.25, -0.2) is 0 Å². The second-order valence-electron chi connectivity index (χ2n) is 5.00. The lowest BCUT2D eigenvalue weighted by Gasteiger charge is -2.12. The van der Waals surface area contributed by atoms with Crippen molar-refractivity contribution in [3.8, 4) is 11.5 Å². The van der Waals surface area contributed by atoms with E-state index in [0.29, 0.717) is 0 Å². The smallest absolute Gasteiger partial charge is 0.130 e. The van der Waals surface area contributed by atoms with Gasteiger partial charge in [-0.2, -0.15) is 0 Å². The molecule has 0 aliphatic heterocycles. The van der Waals surface area contributed by atoms with Gasteiger partial charge in [0, 0.05) is 11.4 Å². The largest absolute Gasteiger partial charge is 0.457 e. The van der Waals surface area contributed by atoms with Crippen LogP contribution in [0.5, 0.6) is 11.5 Å². The summed E-state index contributed by atoms with van der Waals surface area (Å²) in [7, 11) is 0. The van der Waals surface area contributed by atoms with Gasteiger partial charge >= 0.3 is 0 Å². The molecule has 3 nitrogen and oxygen atoms in total. The van der Waals surface area contributed by atoms with E-state index in [1.807, 2.05) is 42.5 Å². The van der Waals surface area contributed by atoms with Crippen LogP contribution in [-0.2, 0) is 6.42 Å². The summed E-state index contributed by atoms with van der Waals surface area (Å²) < 4.78 is 5.94. The summed E-state index contributed by atoms with van der Waals surface area (Å²) in [5.74, 6) is 1.67. The van der Waals surface area contributed by atoms with Gasteiger partial charge in [-0.05, 0) is 60.9 Å². The quantitative estimate of drug-likeness (QED) is 0.605. The standard InChI is InChI=1S/C17H22N2O/c1-2-3-4-5-13-12-15(19)8-11-17(13)20-16-9-6-14(18)7-10-16/h6-12H,2-5,18-19H2,1H3. The minimum atomic E-state index is 0.734. The lowest BCUT2D eigenvalue weighted by atomic mass is 10.1. The molecule has 106 valence electrons. The number of aryl methyl sites for hydroxylation is 1. The van der Waals surface area contributed by atoms with Gasteiger partial charge in [-0.3, -0.25) is 0 Å². The van der Waals surface area contributed by atoms with Crippen molar-refractivity contribution >= 4 is 11.4 Å². The van der Waals surface area contributed by atoms with E-state index in [9.17, 15) is 0 Å². The Bertz CT molecular complexity index is 549. The summed E-state index contributed by atoms with van der Waals surface area (Å²) in [4.78, 5) is 0. The molecule has 0 atom stereocenters. The van der Waals surface area contributed by atoms with E-state index in [-0.39, 0.29) is 0 Å². The molecule has 0 aliphatic carbocycles. The summed E-state index contributed by atoms with van der Waals surface area (Å²) in [6.07, 6.45) is 4.56.